The fraction of sp³-hybridized carbons (Fsp3) is 0.500. The summed E-state index contributed by atoms with van der Waals surface area (Å²) in [6, 6.07) is 7.70. The third-order valence-corrected chi connectivity index (χ3v) is 10.9. The molecule has 0 amide bonds. The fourth-order valence-corrected chi connectivity index (χ4v) is 5.65. The van der Waals surface area contributed by atoms with Crippen LogP contribution in [0, 0.1) is 0 Å². The average Bonchev–Trinajstić information content (AvgIpc) is 2.18. The van der Waals surface area contributed by atoms with Crippen molar-refractivity contribution in [2.75, 3.05) is 5.33 Å². The van der Waals surface area contributed by atoms with Crippen LogP contribution in [-0.2, 0) is 0 Å². The molecule has 1 aromatic carbocycles. The second kappa shape index (κ2) is 4.30. The van der Waals surface area contributed by atoms with Crippen LogP contribution >= 0.6 is 15.9 Å². The molecule has 1 aromatic rings. The third-order valence-electron chi connectivity index (χ3n) is 3.62. The second-order valence-electron chi connectivity index (χ2n) is 5.19. The molecule has 1 N–H and O–H groups in total. The summed E-state index contributed by atoms with van der Waals surface area (Å²) in [5, 5.41) is 12.0. The summed E-state index contributed by atoms with van der Waals surface area (Å²) in [5.41, 5.74) is 0. The molecule has 0 atom stereocenters. The van der Waals surface area contributed by atoms with Crippen LogP contribution in [0.3, 0.4) is 0 Å². The van der Waals surface area contributed by atoms with E-state index in [1.165, 1.54) is 5.19 Å². The Morgan fingerprint density at radius 3 is 2.07 bits per heavy atom. The molecule has 0 unspecified atom stereocenters. The Labute approximate surface area is 102 Å². The average molecular weight is 287 g/mol. The molecule has 0 saturated carbocycles. The van der Waals surface area contributed by atoms with E-state index in [9.17, 15) is 5.11 Å². The first kappa shape index (κ1) is 12.8. The van der Waals surface area contributed by atoms with Crippen LogP contribution < -0.4 is 5.19 Å². The van der Waals surface area contributed by atoms with Crippen LogP contribution in [0.4, 0.5) is 0 Å². The summed E-state index contributed by atoms with van der Waals surface area (Å²) in [5.74, 6) is 0.347. The Bertz CT molecular complexity index is 330. The van der Waals surface area contributed by atoms with Gasteiger partial charge in [-0.05, 0) is 17.2 Å². The predicted molar refractivity (Wildman–Crippen MR) is 73.1 cm³/mol. The lowest BCUT2D eigenvalue weighted by molar-refractivity contribution is 0.475. The van der Waals surface area contributed by atoms with Gasteiger partial charge in [-0.25, -0.2) is 0 Å². The zero-order chi connectivity index (χ0) is 11.7. The molecule has 0 aliphatic rings. The Balaban J connectivity index is 3.10. The minimum atomic E-state index is -1.49. The highest BCUT2D eigenvalue weighted by Gasteiger charge is 2.39. The van der Waals surface area contributed by atoms with Gasteiger partial charge >= 0.3 is 0 Å². The Morgan fingerprint density at radius 1 is 1.20 bits per heavy atom. The molecule has 0 aromatic heterocycles. The van der Waals surface area contributed by atoms with Gasteiger partial charge in [-0.15, -0.1) is 0 Å². The van der Waals surface area contributed by atoms with Gasteiger partial charge in [0.1, 0.15) is 5.75 Å². The summed E-state index contributed by atoms with van der Waals surface area (Å²) in [4.78, 5) is 0. The van der Waals surface area contributed by atoms with Gasteiger partial charge in [0, 0.05) is 5.33 Å². The summed E-state index contributed by atoms with van der Waals surface area (Å²) >= 11 is 3.60. The van der Waals surface area contributed by atoms with Crippen molar-refractivity contribution in [2.45, 2.75) is 32.0 Å². The number of halogens is 1. The molecular weight excluding hydrogens is 268 g/mol. The van der Waals surface area contributed by atoms with Crippen molar-refractivity contribution in [1.82, 2.24) is 0 Å². The lowest BCUT2D eigenvalue weighted by Crippen LogP contribution is -2.51. The van der Waals surface area contributed by atoms with Gasteiger partial charge in [0.25, 0.3) is 0 Å². The molecule has 1 nitrogen and oxygen atoms in total. The van der Waals surface area contributed by atoms with Gasteiger partial charge in [-0.3, -0.25) is 0 Å². The number of alkyl halides is 1. The number of hydrogen-bond acceptors (Lipinski definition) is 1. The monoisotopic (exact) mass is 286 g/mol. The zero-order valence-corrected chi connectivity index (χ0v) is 12.4. The van der Waals surface area contributed by atoms with E-state index in [0.717, 1.165) is 5.33 Å². The highest BCUT2D eigenvalue weighted by atomic mass is 79.9. The Hall–Kier alpha value is -0.283. The molecule has 1 rings (SSSR count). The fourth-order valence-electron chi connectivity index (χ4n) is 1.44. The van der Waals surface area contributed by atoms with E-state index in [2.05, 4.69) is 55.0 Å². The van der Waals surface area contributed by atoms with Crippen molar-refractivity contribution in [1.29, 1.82) is 0 Å². The molecule has 0 radical (unpaired) electrons. The first-order valence-corrected chi connectivity index (χ1v) is 9.29. The maximum absolute atomic E-state index is 9.29. The summed E-state index contributed by atoms with van der Waals surface area (Å²) in [7, 11) is -1.49. The summed E-state index contributed by atoms with van der Waals surface area (Å²) < 4.78 is 0. The first-order valence-electron chi connectivity index (χ1n) is 5.17. The smallest absolute Gasteiger partial charge is 0.115 e. The highest BCUT2D eigenvalue weighted by molar-refractivity contribution is 9.09. The quantitative estimate of drug-likeness (QED) is 0.666. The van der Waals surface area contributed by atoms with Gasteiger partial charge in [-0.1, -0.05) is 60.2 Å². The van der Waals surface area contributed by atoms with Gasteiger partial charge in [0.05, 0.1) is 8.07 Å². The predicted octanol–water partition coefficient (Wildman–Crippen LogP) is 3.48. The lowest BCUT2D eigenvalue weighted by atomic mass is 10.2. The SMILES string of the molecule is CC(C)(CBr)[Si](C)(C)c1ccc(O)cc1. The van der Waals surface area contributed by atoms with E-state index in [0.29, 0.717) is 10.8 Å². The van der Waals surface area contributed by atoms with Crippen molar-refractivity contribution in [3.63, 3.8) is 0 Å². The van der Waals surface area contributed by atoms with Crippen molar-refractivity contribution >= 4 is 29.2 Å². The van der Waals surface area contributed by atoms with E-state index in [1.807, 2.05) is 0 Å². The van der Waals surface area contributed by atoms with Crippen LogP contribution in [-0.4, -0.2) is 18.5 Å². The number of phenols is 1. The molecule has 3 heteroatoms. The molecule has 0 saturated heterocycles. The molecule has 0 bridgehead atoms. The van der Waals surface area contributed by atoms with E-state index in [-0.39, 0.29) is 0 Å². The van der Waals surface area contributed by atoms with E-state index in [4.69, 9.17) is 0 Å². The van der Waals surface area contributed by atoms with Crippen LogP contribution in [0.25, 0.3) is 0 Å². The number of rotatable bonds is 3. The van der Waals surface area contributed by atoms with Gasteiger partial charge in [0.2, 0.25) is 0 Å². The largest absolute Gasteiger partial charge is 0.508 e. The number of aromatic hydroxyl groups is 1. The zero-order valence-electron chi connectivity index (χ0n) is 9.84. The van der Waals surface area contributed by atoms with Gasteiger partial charge in [-0.2, -0.15) is 0 Å². The normalized spacial score (nSPS) is 12.9. The minimum Gasteiger partial charge on any atom is -0.508 e. The standard InChI is InChI=1S/C12H19BrOSi/c1-12(2,9-13)15(3,4)11-7-5-10(14)6-8-11/h5-8,14H,9H2,1-4H3. The van der Waals surface area contributed by atoms with Crippen molar-refractivity contribution < 1.29 is 5.11 Å². The van der Waals surface area contributed by atoms with Crippen LogP contribution in [0.5, 0.6) is 5.75 Å². The molecule has 0 aliphatic carbocycles. The molecular formula is C12H19BrOSi. The Morgan fingerprint density at radius 2 is 1.67 bits per heavy atom. The van der Waals surface area contributed by atoms with Crippen LogP contribution in [0.1, 0.15) is 13.8 Å². The number of phenolic OH excluding ortho intramolecular Hbond substituents is 1. The number of hydrogen-bond donors (Lipinski definition) is 1. The molecule has 15 heavy (non-hydrogen) atoms. The second-order valence-corrected chi connectivity index (χ2v) is 10.9. The molecule has 0 fully saturated rings. The minimum absolute atomic E-state index is 0.309. The summed E-state index contributed by atoms with van der Waals surface area (Å²) in [6.07, 6.45) is 0. The first-order chi connectivity index (χ1) is 6.81. The van der Waals surface area contributed by atoms with Crippen LogP contribution in [0.2, 0.25) is 18.1 Å². The summed E-state index contributed by atoms with van der Waals surface area (Å²) in [6.45, 7) is 9.36. The third kappa shape index (κ3) is 2.45. The maximum atomic E-state index is 9.29. The van der Waals surface area contributed by atoms with Crippen molar-refractivity contribution in [2.24, 2.45) is 0 Å². The number of benzene rings is 1. The topological polar surface area (TPSA) is 20.2 Å². The Kier molecular flexibility index (Phi) is 3.66. The lowest BCUT2D eigenvalue weighted by Gasteiger charge is -2.39. The highest BCUT2D eigenvalue weighted by Crippen LogP contribution is 2.38. The van der Waals surface area contributed by atoms with Crippen molar-refractivity contribution in [3.05, 3.63) is 24.3 Å². The molecule has 0 aliphatic heterocycles. The molecule has 0 heterocycles. The van der Waals surface area contributed by atoms with Gasteiger partial charge < -0.3 is 5.11 Å². The van der Waals surface area contributed by atoms with E-state index in [1.54, 1.807) is 12.1 Å². The van der Waals surface area contributed by atoms with Gasteiger partial charge in [0.15, 0.2) is 0 Å². The molecule has 0 spiro atoms. The molecule has 84 valence electrons. The maximum Gasteiger partial charge on any atom is 0.115 e. The van der Waals surface area contributed by atoms with E-state index < -0.39 is 8.07 Å². The van der Waals surface area contributed by atoms with Crippen LogP contribution in [0.15, 0.2) is 24.3 Å². The van der Waals surface area contributed by atoms with Crippen molar-refractivity contribution in [3.8, 4) is 5.75 Å². The van der Waals surface area contributed by atoms with E-state index >= 15 is 0 Å².